The van der Waals surface area contributed by atoms with E-state index in [2.05, 4.69) is 15.4 Å². The van der Waals surface area contributed by atoms with Crippen LogP contribution in [0.25, 0.3) is 0 Å². The second-order valence-electron chi connectivity index (χ2n) is 15.2. The van der Waals surface area contributed by atoms with Crippen LogP contribution in [0.15, 0.2) is 52.0 Å². The standard InChI is InChI=1S/C37H46N6O9S2/c44-31-28-19-24(51-33-30(29-13-8-18-53-29)38-26-16-17-50-32(26)40-33)21-43(28)34(45)27(39-36(47)52-23-10-6-7-11-23)12-5-3-1-2-4-9-22-20-37(22,41-31)35(46)42-54(48,49)25-14-15-25/h4,8-9,13,16-18,22-28,32H,1-3,5-7,10-12,14-15,19-21H2,(H,39,47)(H,41,44)(H,42,46)/b9-4-/t22?,24-,26?,27+,28+,32?,37-/m1/s1. The topological polar surface area (TPSA) is 194 Å². The summed E-state index contributed by atoms with van der Waals surface area (Å²) in [7, 11) is -3.89. The predicted molar refractivity (Wildman–Crippen MR) is 198 cm³/mol. The fourth-order valence-corrected chi connectivity index (χ4v) is 10.1. The van der Waals surface area contributed by atoms with Crippen molar-refractivity contribution >= 4 is 56.8 Å². The van der Waals surface area contributed by atoms with Gasteiger partial charge in [0.2, 0.25) is 34.0 Å². The van der Waals surface area contributed by atoms with Gasteiger partial charge in [0.05, 0.1) is 22.9 Å². The zero-order valence-corrected chi connectivity index (χ0v) is 31.5. The average molecular weight is 783 g/mol. The van der Waals surface area contributed by atoms with Gasteiger partial charge in [0, 0.05) is 12.3 Å². The monoisotopic (exact) mass is 782 g/mol. The molecule has 15 nitrogen and oxygen atoms in total. The lowest BCUT2D eigenvalue weighted by molar-refractivity contribution is -0.141. The van der Waals surface area contributed by atoms with Crippen LogP contribution in [0.3, 0.4) is 0 Å². The van der Waals surface area contributed by atoms with Gasteiger partial charge in [-0.15, -0.1) is 11.3 Å². The smallest absolute Gasteiger partial charge is 0.408 e. The van der Waals surface area contributed by atoms with Crippen molar-refractivity contribution < 1.29 is 41.8 Å². The number of ether oxygens (including phenoxy) is 3. The molecule has 1 saturated heterocycles. The lowest BCUT2D eigenvalue weighted by Gasteiger charge is -2.30. The third-order valence-corrected chi connectivity index (χ3v) is 14.0. The highest BCUT2D eigenvalue weighted by Crippen LogP contribution is 2.46. The number of carbonyl (C=O) groups is 4. The Morgan fingerprint density at radius 2 is 1.83 bits per heavy atom. The highest BCUT2D eigenvalue weighted by molar-refractivity contribution is 7.91. The van der Waals surface area contributed by atoms with Gasteiger partial charge >= 0.3 is 6.09 Å². The first-order valence-electron chi connectivity index (χ1n) is 19.1. The highest BCUT2D eigenvalue weighted by atomic mass is 32.2. The van der Waals surface area contributed by atoms with E-state index in [1.165, 1.54) is 16.2 Å². The van der Waals surface area contributed by atoms with Crippen molar-refractivity contribution in [3.8, 4) is 0 Å². The summed E-state index contributed by atoms with van der Waals surface area (Å²) >= 11 is 1.48. The number of thiophene rings is 1. The number of hydrogen-bond donors (Lipinski definition) is 3. The molecule has 4 fully saturated rings. The maximum atomic E-state index is 14.6. The van der Waals surface area contributed by atoms with E-state index in [9.17, 15) is 27.6 Å². The molecule has 3 unspecified atom stereocenters. The molecular formula is C37H46N6O9S2. The largest absolute Gasteiger partial charge is 0.474 e. The lowest BCUT2D eigenvalue weighted by atomic mass is 10.0. The third kappa shape index (κ3) is 7.79. The first-order chi connectivity index (χ1) is 26.1. The fourth-order valence-electron chi connectivity index (χ4n) is 7.98. The van der Waals surface area contributed by atoms with Crippen LogP contribution in [-0.4, -0.2) is 103 Å². The molecule has 7 aliphatic rings. The Bertz CT molecular complexity index is 1870. The summed E-state index contributed by atoms with van der Waals surface area (Å²) < 4.78 is 45.8. The van der Waals surface area contributed by atoms with Gasteiger partial charge in [-0.1, -0.05) is 31.1 Å². The maximum absolute atomic E-state index is 14.6. The molecule has 0 radical (unpaired) electrons. The molecule has 8 rings (SSSR count). The number of amides is 4. The summed E-state index contributed by atoms with van der Waals surface area (Å²) in [4.78, 5) is 67.7. The van der Waals surface area contributed by atoms with Crippen molar-refractivity contribution in [2.45, 2.75) is 131 Å². The van der Waals surface area contributed by atoms with Gasteiger partial charge in [0.25, 0.3) is 5.91 Å². The molecule has 4 amide bonds. The van der Waals surface area contributed by atoms with Gasteiger partial charge in [-0.2, -0.15) is 0 Å². The SMILES string of the molecule is O=C(N[C@H]1CCCCC/C=C\C2C[C@@]2(C(=O)NS(=O)(=O)C2CC2)NC(=O)[C@@H]2C[C@@H](OC3=NC4OC=CC4N=C3c3cccs3)CN2C1=O)OC1CCCC1. The number of nitrogens with one attached hydrogen (secondary N) is 3. The molecule has 3 saturated carbocycles. The Morgan fingerprint density at radius 1 is 1.02 bits per heavy atom. The van der Waals surface area contributed by atoms with Crippen molar-refractivity contribution in [1.82, 2.24) is 20.3 Å². The van der Waals surface area contributed by atoms with Crippen LogP contribution in [0, 0.1) is 5.92 Å². The molecule has 0 spiro atoms. The normalized spacial score (nSPS) is 33.4. The number of aliphatic imine (C=N–C) groups is 2. The molecule has 3 aliphatic carbocycles. The molecule has 54 heavy (non-hydrogen) atoms. The summed E-state index contributed by atoms with van der Waals surface area (Å²) in [6.07, 6.45) is 13.0. The average Bonchev–Trinajstić information content (AvgIpc) is 3.71. The maximum Gasteiger partial charge on any atom is 0.408 e. The van der Waals surface area contributed by atoms with Crippen LogP contribution in [0.1, 0.15) is 88.3 Å². The van der Waals surface area contributed by atoms with E-state index < -0.39 is 75.0 Å². The van der Waals surface area contributed by atoms with Gasteiger partial charge in [0.1, 0.15) is 41.6 Å². The molecule has 4 aliphatic heterocycles. The van der Waals surface area contributed by atoms with Crippen molar-refractivity contribution in [2.24, 2.45) is 15.9 Å². The number of sulfonamides is 1. The molecule has 290 valence electrons. The van der Waals surface area contributed by atoms with Gasteiger partial charge in [-0.05, 0) is 81.7 Å². The molecule has 0 aromatic carbocycles. The molecule has 0 bridgehead atoms. The van der Waals surface area contributed by atoms with Crippen LogP contribution in [0.4, 0.5) is 4.79 Å². The van der Waals surface area contributed by atoms with E-state index in [-0.39, 0.29) is 37.4 Å². The minimum atomic E-state index is -3.89. The van der Waals surface area contributed by atoms with Crippen LogP contribution >= 0.6 is 11.3 Å². The summed E-state index contributed by atoms with van der Waals surface area (Å²) in [5.74, 6) is -2.07. The van der Waals surface area contributed by atoms with Crippen molar-refractivity contribution in [1.29, 1.82) is 0 Å². The van der Waals surface area contributed by atoms with Gasteiger partial charge < -0.3 is 29.7 Å². The number of alkyl carbamates (subject to hydrolysis) is 1. The number of carbonyl (C=O) groups excluding carboxylic acids is 4. The summed E-state index contributed by atoms with van der Waals surface area (Å²) in [5.41, 5.74) is -0.962. The molecule has 17 heteroatoms. The molecule has 3 N–H and O–H groups in total. The summed E-state index contributed by atoms with van der Waals surface area (Å²) in [6.45, 7) is -0.0185. The van der Waals surface area contributed by atoms with Gasteiger partial charge in [-0.25, -0.2) is 18.2 Å². The highest BCUT2D eigenvalue weighted by Gasteiger charge is 2.62. The van der Waals surface area contributed by atoms with E-state index in [1.807, 2.05) is 35.7 Å². The zero-order chi connectivity index (χ0) is 37.5. The Morgan fingerprint density at radius 3 is 2.61 bits per heavy atom. The number of rotatable bonds is 7. The number of fused-ring (bicyclic) bond motifs is 3. The second kappa shape index (κ2) is 15.1. The molecule has 1 aromatic heterocycles. The number of hydrogen-bond acceptors (Lipinski definition) is 12. The van der Waals surface area contributed by atoms with E-state index in [0.717, 1.165) is 43.4 Å². The Balaban J connectivity index is 1.07. The van der Waals surface area contributed by atoms with E-state index >= 15 is 0 Å². The minimum Gasteiger partial charge on any atom is -0.474 e. The Kier molecular flexibility index (Phi) is 10.3. The van der Waals surface area contributed by atoms with Gasteiger partial charge in [0.15, 0.2) is 0 Å². The molecular weight excluding hydrogens is 737 g/mol. The molecule has 1 aromatic rings. The fraction of sp³-hybridized carbons (Fsp3) is 0.622. The van der Waals surface area contributed by atoms with Crippen LogP contribution in [-0.2, 0) is 38.6 Å². The van der Waals surface area contributed by atoms with E-state index in [0.29, 0.717) is 37.8 Å². The summed E-state index contributed by atoms with van der Waals surface area (Å²) in [6, 6.07) is 1.41. The van der Waals surface area contributed by atoms with E-state index in [4.69, 9.17) is 24.2 Å². The van der Waals surface area contributed by atoms with Crippen LogP contribution in [0.5, 0.6) is 0 Å². The quantitative estimate of drug-likeness (QED) is 0.349. The number of allylic oxidation sites excluding steroid dienone is 1. The van der Waals surface area contributed by atoms with Crippen LogP contribution in [0.2, 0.25) is 0 Å². The van der Waals surface area contributed by atoms with Crippen molar-refractivity contribution in [3.05, 3.63) is 46.9 Å². The predicted octanol–water partition coefficient (Wildman–Crippen LogP) is 3.22. The first-order valence-corrected chi connectivity index (χ1v) is 21.5. The molecule has 7 atom stereocenters. The Hall–Kier alpha value is -4.25. The van der Waals surface area contributed by atoms with Crippen molar-refractivity contribution in [2.75, 3.05) is 6.54 Å². The van der Waals surface area contributed by atoms with Crippen LogP contribution < -0.4 is 15.4 Å². The number of nitrogens with zero attached hydrogens (tertiary/aromatic N) is 3. The summed E-state index contributed by atoms with van der Waals surface area (Å²) in [5, 5.41) is 7.00. The molecule has 5 heterocycles. The Labute approximate surface area is 318 Å². The van der Waals surface area contributed by atoms with E-state index in [1.54, 1.807) is 6.26 Å². The van der Waals surface area contributed by atoms with Gasteiger partial charge in [-0.3, -0.25) is 24.1 Å². The van der Waals surface area contributed by atoms with Crippen molar-refractivity contribution in [3.63, 3.8) is 0 Å². The first kappa shape index (κ1) is 36.7. The zero-order valence-electron chi connectivity index (χ0n) is 29.9. The third-order valence-electron chi connectivity index (χ3n) is 11.3. The second-order valence-corrected chi connectivity index (χ2v) is 18.1. The lowest BCUT2D eigenvalue weighted by Crippen LogP contribution is -2.58. The minimum absolute atomic E-state index is 0.0185.